The summed E-state index contributed by atoms with van der Waals surface area (Å²) in [6, 6.07) is 5.41. The van der Waals surface area contributed by atoms with Gasteiger partial charge in [0.25, 0.3) is 10.0 Å². The van der Waals surface area contributed by atoms with Gasteiger partial charge in [-0.3, -0.25) is 4.72 Å². The number of rotatable bonds is 10. The number of aromatic nitrogens is 1. The van der Waals surface area contributed by atoms with Crippen LogP contribution in [-0.2, 0) is 14.8 Å². The molecule has 36 heavy (non-hydrogen) atoms. The molecule has 0 saturated carbocycles. The van der Waals surface area contributed by atoms with Gasteiger partial charge in [0, 0.05) is 19.7 Å². The molecule has 0 aliphatic heterocycles. The number of sulfonamides is 1. The molecule has 0 aliphatic carbocycles. The van der Waals surface area contributed by atoms with E-state index in [4.69, 9.17) is 19.4 Å². The Kier molecular flexibility index (Phi) is 10.8. The second kappa shape index (κ2) is 12.8. The lowest BCUT2D eigenvalue weighted by atomic mass is 10.2. The number of halogens is 3. The van der Waals surface area contributed by atoms with Crippen molar-refractivity contribution in [2.24, 2.45) is 0 Å². The van der Waals surface area contributed by atoms with Crippen molar-refractivity contribution in [3.63, 3.8) is 0 Å². The van der Waals surface area contributed by atoms with Gasteiger partial charge in [-0.05, 0) is 24.6 Å². The minimum Gasteiger partial charge on any atom is -0.493 e. The maximum absolute atomic E-state index is 12.7. The summed E-state index contributed by atoms with van der Waals surface area (Å²) in [5.41, 5.74) is -0.0408. The maximum atomic E-state index is 12.7. The van der Waals surface area contributed by atoms with Crippen LogP contribution in [0, 0.1) is 0 Å². The summed E-state index contributed by atoms with van der Waals surface area (Å²) in [5, 5.41) is 16.7. The molecule has 1 heterocycles. The number of aromatic carboxylic acids is 1. The fourth-order valence-electron chi connectivity index (χ4n) is 2.67. The van der Waals surface area contributed by atoms with Gasteiger partial charge in [-0.15, -0.1) is 0 Å². The van der Waals surface area contributed by atoms with Crippen LogP contribution >= 0.6 is 0 Å². The molecule has 0 fully saturated rings. The highest BCUT2D eigenvalue weighted by Crippen LogP contribution is 2.30. The van der Waals surface area contributed by atoms with Crippen molar-refractivity contribution in [1.29, 1.82) is 0 Å². The Bertz CT molecular complexity index is 1170. The van der Waals surface area contributed by atoms with Crippen molar-refractivity contribution in [3.05, 3.63) is 36.0 Å². The summed E-state index contributed by atoms with van der Waals surface area (Å²) in [6.45, 7) is 2.67. The summed E-state index contributed by atoms with van der Waals surface area (Å²) in [7, 11) is 0.603. The van der Waals surface area contributed by atoms with E-state index in [2.05, 4.69) is 9.71 Å². The fraction of sp³-hybridized carbons (Fsp3) is 0.381. The van der Waals surface area contributed by atoms with E-state index < -0.39 is 28.1 Å². The largest absolute Gasteiger partial charge is 0.493 e. The lowest BCUT2D eigenvalue weighted by Crippen LogP contribution is -2.23. The number of aliphatic carboxylic acids is 1. The lowest BCUT2D eigenvalue weighted by molar-refractivity contribution is -0.192. The maximum Gasteiger partial charge on any atom is 0.490 e. The average Bonchev–Trinajstić information content (AvgIpc) is 2.81. The highest BCUT2D eigenvalue weighted by Gasteiger charge is 2.38. The highest BCUT2D eigenvalue weighted by molar-refractivity contribution is 7.92. The zero-order valence-electron chi connectivity index (χ0n) is 19.8. The molecule has 0 aliphatic rings. The smallest absolute Gasteiger partial charge is 0.490 e. The minimum absolute atomic E-state index is 0.0461. The molecule has 2 aromatic rings. The Morgan fingerprint density at radius 2 is 1.69 bits per heavy atom. The van der Waals surface area contributed by atoms with Crippen molar-refractivity contribution in [2.75, 3.05) is 37.4 Å². The van der Waals surface area contributed by atoms with Crippen LogP contribution in [0.4, 0.5) is 24.7 Å². The van der Waals surface area contributed by atoms with Crippen molar-refractivity contribution in [3.8, 4) is 11.5 Å². The first kappa shape index (κ1) is 30.3. The van der Waals surface area contributed by atoms with Gasteiger partial charge in [-0.2, -0.15) is 13.2 Å². The molecule has 0 bridgehead atoms. The van der Waals surface area contributed by atoms with E-state index in [1.807, 2.05) is 6.92 Å². The number of pyridine rings is 1. The van der Waals surface area contributed by atoms with Gasteiger partial charge in [0.15, 0.2) is 11.5 Å². The normalized spacial score (nSPS) is 11.1. The number of unbranched alkanes of at least 4 members (excludes halogenated alkanes) is 1. The van der Waals surface area contributed by atoms with Gasteiger partial charge in [0.2, 0.25) is 0 Å². The van der Waals surface area contributed by atoms with E-state index >= 15 is 0 Å². The molecule has 200 valence electrons. The van der Waals surface area contributed by atoms with Crippen LogP contribution in [0.5, 0.6) is 11.5 Å². The Morgan fingerprint density at radius 3 is 2.17 bits per heavy atom. The van der Waals surface area contributed by atoms with E-state index in [0.717, 1.165) is 12.8 Å². The molecule has 15 heteroatoms. The van der Waals surface area contributed by atoms with Gasteiger partial charge < -0.3 is 24.6 Å². The SMILES string of the molecule is CCCCN(C)c1ncc(NS(=O)(=O)c2ccc(OC)c(OC)c2)cc1C(=O)O.O=C(O)C(F)(F)F. The number of hydrogen-bond acceptors (Lipinski definition) is 8. The number of alkyl halides is 3. The van der Waals surface area contributed by atoms with Crippen LogP contribution in [0.3, 0.4) is 0 Å². The fourth-order valence-corrected chi connectivity index (χ4v) is 3.72. The second-order valence-corrected chi connectivity index (χ2v) is 8.78. The lowest BCUT2D eigenvalue weighted by Gasteiger charge is -2.20. The van der Waals surface area contributed by atoms with Crippen LogP contribution in [0.2, 0.25) is 0 Å². The predicted molar refractivity (Wildman–Crippen MR) is 123 cm³/mol. The molecular formula is C21H26F3N3O8S. The van der Waals surface area contributed by atoms with E-state index in [1.54, 1.807) is 11.9 Å². The zero-order chi connectivity index (χ0) is 27.7. The van der Waals surface area contributed by atoms with Crippen molar-refractivity contribution in [1.82, 2.24) is 4.98 Å². The molecule has 0 unspecified atom stereocenters. The van der Waals surface area contributed by atoms with Crippen LogP contribution in [0.25, 0.3) is 0 Å². The number of benzene rings is 1. The first-order chi connectivity index (χ1) is 16.7. The summed E-state index contributed by atoms with van der Waals surface area (Å²) in [4.78, 5) is 26.4. The third kappa shape index (κ3) is 8.48. The second-order valence-electron chi connectivity index (χ2n) is 7.10. The molecule has 0 saturated heterocycles. The molecule has 11 nitrogen and oxygen atoms in total. The molecule has 3 N–H and O–H groups in total. The molecule has 0 radical (unpaired) electrons. The summed E-state index contributed by atoms with van der Waals surface area (Å²) in [6.07, 6.45) is -1.95. The van der Waals surface area contributed by atoms with E-state index in [-0.39, 0.29) is 27.7 Å². The summed E-state index contributed by atoms with van der Waals surface area (Å²) < 4.78 is 69.8. The number of carboxylic acid groups (broad SMARTS) is 2. The van der Waals surface area contributed by atoms with E-state index in [1.165, 1.54) is 44.7 Å². The first-order valence-corrected chi connectivity index (χ1v) is 11.7. The Morgan fingerprint density at radius 1 is 1.11 bits per heavy atom. The van der Waals surface area contributed by atoms with Crippen LogP contribution in [0.1, 0.15) is 30.1 Å². The Balaban J connectivity index is 0.000000809. The van der Waals surface area contributed by atoms with Crippen molar-refractivity contribution < 1.29 is 50.9 Å². The number of hydrogen-bond donors (Lipinski definition) is 3. The van der Waals surface area contributed by atoms with Gasteiger partial charge in [0.05, 0.1) is 31.0 Å². The third-order valence-corrected chi connectivity index (χ3v) is 5.84. The number of nitrogens with zero attached hydrogens (tertiary/aromatic N) is 2. The Labute approximate surface area is 205 Å². The first-order valence-electron chi connectivity index (χ1n) is 10.2. The quantitative estimate of drug-likeness (QED) is 0.410. The average molecular weight is 538 g/mol. The van der Waals surface area contributed by atoms with Crippen molar-refractivity contribution >= 4 is 33.5 Å². The molecular weight excluding hydrogens is 511 g/mol. The number of methoxy groups -OCH3 is 2. The highest BCUT2D eigenvalue weighted by atomic mass is 32.2. The van der Waals surface area contributed by atoms with Crippen LogP contribution < -0.4 is 19.1 Å². The zero-order valence-corrected chi connectivity index (χ0v) is 20.6. The Hall–Kier alpha value is -3.75. The van der Waals surface area contributed by atoms with Gasteiger partial charge in [-0.1, -0.05) is 13.3 Å². The third-order valence-electron chi connectivity index (χ3n) is 4.47. The van der Waals surface area contributed by atoms with Gasteiger partial charge >= 0.3 is 18.1 Å². The van der Waals surface area contributed by atoms with Crippen molar-refractivity contribution in [2.45, 2.75) is 30.8 Å². The molecule has 1 aromatic carbocycles. The van der Waals surface area contributed by atoms with Crippen LogP contribution in [0.15, 0.2) is 35.4 Å². The number of anilines is 2. The molecule has 0 atom stereocenters. The van der Waals surface area contributed by atoms with E-state index in [9.17, 15) is 31.5 Å². The minimum atomic E-state index is -5.08. The van der Waals surface area contributed by atoms with E-state index in [0.29, 0.717) is 12.3 Å². The predicted octanol–water partition coefficient (Wildman–Crippen LogP) is 3.47. The number of ether oxygens (including phenoxy) is 2. The van der Waals surface area contributed by atoms with Gasteiger partial charge in [0.1, 0.15) is 11.4 Å². The molecule has 0 spiro atoms. The molecule has 0 amide bonds. The van der Waals surface area contributed by atoms with Gasteiger partial charge in [-0.25, -0.2) is 23.0 Å². The monoisotopic (exact) mass is 537 g/mol. The standard InChI is InChI=1S/C19H25N3O6S.C2HF3O2/c1-5-6-9-22(2)18-15(19(23)24)10-13(12-20-18)21-29(25,26)14-7-8-16(27-3)17(11-14)28-4;3-2(4,5)1(6)7/h7-8,10-12,21H,5-6,9H2,1-4H3,(H,23,24);(H,6,7). The number of carbonyl (C=O) groups is 2. The van der Waals surface area contributed by atoms with Crippen LogP contribution in [-0.4, -0.2) is 69.5 Å². The molecule has 2 rings (SSSR count). The number of carboxylic acids is 2. The molecule has 1 aromatic heterocycles. The topological polar surface area (TPSA) is 155 Å². The summed E-state index contributed by atoms with van der Waals surface area (Å²) >= 11 is 0. The number of nitrogens with one attached hydrogen (secondary N) is 1. The summed E-state index contributed by atoms with van der Waals surface area (Å²) in [5.74, 6) is -3.02.